The van der Waals surface area contributed by atoms with Crippen molar-refractivity contribution in [1.29, 1.82) is 0 Å². The van der Waals surface area contributed by atoms with E-state index in [9.17, 15) is 4.79 Å². The number of oxime groups is 1. The SMILES string of the molecule is CCNC(=O)Nc1nc2cc(-c3cccnc3)cc(C(CC)=NOC)n2n1. The van der Waals surface area contributed by atoms with Crippen molar-refractivity contribution in [1.82, 2.24) is 24.9 Å². The molecule has 9 nitrogen and oxygen atoms in total. The zero-order valence-electron chi connectivity index (χ0n) is 15.4. The Balaban J connectivity index is 2.14. The van der Waals surface area contributed by atoms with Crippen LogP contribution in [0.1, 0.15) is 26.0 Å². The normalized spacial score (nSPS) is 11.4. The lowest BCUT2D eigenvalue weighted by molar-refractivity contribution is 0.213. The largest absolute Gasteiger partial charge is 0.399 e. The van der Waals surface area contributed by atoms with Crippen LogP contribution in [-0.4, -0.2) is 45.0 Å². The van der Waals surface area contributed by atoms with Crippen LogP contribution in [0.3, 0.4) is 0 Å². The van der Waals surface area contributed by atoms with Crippen LogP contribution in [0.4, 0.5) is 10.7 Å². The van der Waals surface area contributed by atoms with Crippen molar-refractivity contribution >= 4 is 23.3 Å². The van der Waals surface area contributed by atoms with E-state index < -0.39 is 0 Å². The number of nitrogens with one attached hydrogen (secondary N) is 2. The molecule has 9 heteroatoms. The first kappa shape index (κ1) is 18.3. The number of amides is 2. The Kier molecular flexibility index (Phi) is 5.60. The molecule has 0 fully saturated rings. The fourth-order valence-corrected chi connectivity index (χ4v) is 2.65. The summed E-state index contributed by atoms with van der Waals surface area (Å²) in [5.41, 5.74) is 3.88. The Bertz CT molecular complexity index is 967. The molecule has 3 heterocycles. The number of aromatic nitrogens is 4. The summed E-state index contributed by atoms with van der Waals surface area (Å²) in [5.74, 6) is 0.207. The van der Waals surface area contributed by atoms with Gasteiger partial charge in [-0.1, -0.05) is 18.1 Å². The summed E-state index contributed by atoms with van der Waals surface area (Å²) in [4.78, 5) is 25.4. The number of hydrogen-bond donors (Lipinski definition) is 2. The standard InChI is InChI=1S/C18H21N7O2/c1-4-14(24-27-3)15-9-13(12-7-6-8-19-11-12)10-16-21-17(23-25(15)16)22-18(26)20-5-2/h6-11H,4-5H2,1-3H3,(H2,20,22,23,26). The van der Waals surface area contributed by atoms with Crippen LogP contribution in [0, 0.1) is 0 Å². The van der Waals surface area contributed by atoms with E-state index in [1.54, 1.807) is 16.9 Å². The summed E-state index contributed by atoms with van der Waals surface area (Å²) in [6, 6.07) is 7.32. The molecule has 0 saturated heterocycles. The number of urea groups is 1. The van der Waals surface area contributed by atoms with Crippen LogP contribution >= 0.6 is 0 Å². The minimum Gasteiger partial charge on any atom is -0.399 e. The molecule has 0 spiro atoms. The third kappa shape index (κ3) is 4.02. The van der Waals surface area contributed by atoms with Gasteiger partial charge in [-0.2, -0.15) is 4.98 Å². The van der Waals surface area contributed by atoms with Gasteiger partial charge >= 0.3 is 6.03 Å². The first-order chi connectivity index (χ1) is 13.2. The molecule has 0 atom stereocenters. The number of hydrogen-bond acceptors (Lipinski definition) is 6. The second kappa shape index (κ2) is 8.26. The van der Waals surface area contributed by atoms with Gasteiger partial charge in [0.25, 0.3) is 5.95 Å². The van der Waals surface area contributed by atoms with Crippen molar-refractivity contribution < 1.29 is 9.63 Å². The Hall–Kier alpha value is -3.49. The highest BCUT2D eigenvalue weighted by Crippen LogP contribution is 2.23. The third-order valence-electron chi connectivity index (χ3n) is 3.83. The smallest absolute Gasteiger partial charge is 0.321 e. The highest BCUT2D eigenvalue weighted by atomic mass is 16.6. The van der Waals surface area contributed by atoms with Crippen LogP contribution < -0.4 is 10.6 Å². The maximum Gasteiger partial charge on any atom is 0.321 e. The molecule has 0 saturated carbocycles. The van der Waals surface area contributed by atoms with E-state index in [1.165, 1.54) is 7.11 Å². The molecule has 2 N–H and O–H groups in total. The van der Waals surface area contributed by atoms with E-state index in [-0.39, 0.29) is 12.0 Å². The lowest BCUT2D eigenvalue weighted by atomic mass is 10.1. The molecule has 3 aromatic rings. The molecule has 3 aromatic heterocycles. The van der Waals surface area contributed by atoms with Crippen LogP contribution in [0.5, 0.6) is 0 Å². The van der Waals surface area contributed by atoms with Gasteiger partial charge in [0.2, 0.25) is 0 Å². The van der Waals surface area contributed by atoms with Gasteiger partial charge in [0.05, 0.1) is 5.69 Å². The molecular formula is C18H21N7O2. The average molecular weight is 367 g/mol. The maximum absolute atomic E-state index is 11.8. The summed E-state index contributed by atoms with van der Waals surface area (Å²) in [7, 11) is 1.50. The molecule has 140 valence electrons. The molecule has 0 aromatic carbocycles. The van der Waals surface area contributed by atoms with Gasteiger partial charge in [-0.25, -0.2) is 9.31 Å². The van der Waals surface area contributed by atoms with Gasteiger partial charge in [-0.3, -0.25) is 10.3 Å². The van der Waals surface area contributed by atoms with E-state index in [0.29, 0.717) is 24.3 Å². The van der Waals surface area contributed by atoms with Crippen molar-refractivity contribution in [3.05, 3.63) is 42.4 Å². The van der Waals surface area contributed by atoms with E-state index >= 15 is 0 Å². The van der Waals surface area contributed by atoms with Crippen molar-refractivity contribution in [2.45, 2.75) is 20.3 Å². The fourth-order valence-electron chi connectivity index (χ4n) is 2.65. The molecule has 0 unspecified atom stereocenters. The lowest BCUT2D eigenvalue weighted by Crippen LogP contribution is -2.28. The van der Waals surface area contributed by atoms with Crippen molar-refractivity contribution in [3.63, 3.8) is 0 Å². The number of carbonyl (C=O) groups is 1. The summed E-state index contributed by atoms with van der Waals surface area (Å²) in [6.45, 7) is 4.32. The quantitative estimate of drug-likeness (QED) is 0.515. The Morgan fingerprint density at radius 1 is 1.30 bits per heavy atom. The summed E-state index contributed by atoms with van der Waals surface area (Å²) < 4.78 is 1.64. The molecule has 0 aliphatic heterocycles. The second-order valence-electron chi connectivity index (χ2n) is 5.63. The summed E-state index contributed by atoms with van der Waals surface area (Å²) in [6.07, 6.45) is 4.13. The average Bonchev–Trinajstić information content (AvgIpc) is 3.08. The van der Waals surface area contributed by atoms with Crippen LogP contribution in [0.2, 0.25) is 0 Å². The Morgan fingerprint density at radius 2 is 2.15 bits per heavy atom. The first-order valence-electron chi connectivity index (χ1n) is 8.62. The Morgan fingerprint density at radius 3 is 2.81 bits per heavy atom. The predicted molar refractivity (Wildman–Crippen MR) is 103 cm³/mol. The number of carbonyl (C=O) groups excluding carboxylic acids is 1. The Labute approximate surface area is 156 Å². The lowest BCUT2D eigenvalue weighted by Gasteiger charge is -2.09. The molecule has 0 aliphatic rings. The highest BCUT2D eigenvalue weighted by Gasteiger charge is 2.16. The second-order valence-corrected chi connectivity index (χ2v) is 5.63. The third-order valence-corrected chi connectivity index (χ3v) is 3.83. The van der Waals surface area contributed by atoms with Gasteiger partial charge < -0.3 is 10.2 Å². The number of anilines is 1. The highest BCUT2D eigenvalue weighted by molar-refractivity contribution is 6.00. The minimum atomic E-state index is -0.358. The van der Waals surface area contributed by atoms with Gasteiger partial charge in [-0.15, -0.1) is 5.10 Å². The summed E-state index contributed by atoms with van der Waals surface area (Å²) in [5, 5.41) is 13.8. The molecule has 2 amide bonds. The van der Waals surface area contributed by atoms with Gasteiger partial charge in [-0.05, 0) is 37.1 Å². The van der Waals surface area contributed by atoms with Crippen molar-refractivity contribution in [2.24, 2.45) is 5.16 Å². The van der Waals surface area contributed by atoms with E-state index in [0.717, 1.165) is 16.8 Å². The first-order valence-corrected chi connectivity index (χ1v) is 8.62. The van der Waals surface area contributed by atoms with Gasteiger partial charge in [0.1, 0.15) is 12.8 Å². The van der Waals surface area contributed by atoms with Crippen LogP contribution in [-0.2, 0) is 4.84 Å². The van der Waals surface area contributed by atoms with E-state index in [4.69, 9.17) is 4.84 Å². The molecule has 0 aliphatic carbocycles. The number of fused-ring (bicyclic) bond motifs is 1. The maximum atomic E-state index is 11.8. The van der Waals surface area contributed by atoms with E-state index in [1.807, 2.05) is 38.1 Å². The van der Waals surface area contributed by atoms with Crippen LogP contribution in [0.25, 0.3) is 16.8 Å². The molecule has 0 bridgehead atoms. The number of pyridine rings is 2. The monoisotopic (exact) mass is 367 g/mol. The molecular weight excluding hydrogens is 346 g/mol. The zero-order chi connectivity index (χ0) is 19.2. The van der Waals surface area contributed by atoms with E-state index in [2.05, 4.69) is 30.9 Å². The number of nitrogens with zero attached hydrogens (tertiary/aromatic N) is 5. The minimum absolute atomic E-state index is 0.207. The van der Waals surface area contributed by atoms with Gasteiger partial charge in [0, 0.05) is 24.5 Å². The van der Waals surface area contributed by atoms with Crippen LogP contribution in [0.15, 0.2) is 41.8 Å². The van der Waals surface area contributed by atoms with Gasteiger partial charge in [0.15, 0.2) is 5.65 Å². The topological polar surface area (TPSA) is 106 Å². The molecule has 0 radical (unpaired) electrons. The molecule has 3 rings (SSSR count). The molecule has 27 heavy (non-hydrogen) atoms. The predicted octanol–water partition coefficient (Wildman–Crippen LogP) is 2.69. The number of rotatable bonds is 6. The van der Waals surface area contributed by atoms with Crippen molar-refractivity contribution in [2.75, 3.05) is 19.0 Å². The van der Waals surface area contributed by atoms with Crippen molar-refractivity contribution in [3.8, 4) is 11.1 Å². The fraction of sp³-hybridized carbons (Fsp3) is 0.278. The zero-order valence-corrected chi connectivity index (χ0v) is 15.4. The summed E-state index contributed by atoms with van der Waals surface area (Å²) >= 11 is 0.